The topological polar surface area (TPSA) is 15.3 Å². The van der Waals surface area contributed by atoms with Gasteiger partial charge in [0.25, 0.3) is 0 Å². The van der Waals surface area contributed by atoms with Gasteiger partial charge in [-0.1, -0.05) is 6.92 Å². The van der Waals surface area contributed by atoms with Gasteiger partial charge in [0.2, 0.25) is 0 Å². The molecular weight excluding hydrogens is 272 g/mol. The van der Waals surface area contributed by atoms with Crippen molar-refractivity contribution in [1.82, 2.24) is 10.2 Å². The molecule has 0 spiro atoms. The molecule has 15 heavy (non-hydrogen) atoms. The van der Waals surface area contributed by atoms with E-state index < -0.39 is 0 Å². The highest BCUT2D eigenvalue weighted by atomic mass is 79.9. The maximum Gasteiger partial charge on any atom is 0.0701 e. The van der Waals surface area contributed by atoms with E-state index in [4.69, 9.17) is 0 Å². The number of nitrogens with zero attached hydrogens (tertiary/aromatic N) is 1. The molecule has 1 saturated heterocycles. The summed E-state index contributed by atoms with van der Waals surface area (Å²) in [5.41, 5.74) is 0. The third kappa shape index (κ3) is 3.03. The van der Waals surface area contributed by atoms with E-state index in [1.165, 1.54) is 21.6 Å². The molecule has 2 rings (SSSR count). The van der Waals surface area contributed by atoms with Crippen molar-refractivity contribution in [1.29, 1.82) is 0 Å². The first-order valence-corrected chi connectivity index (χ1v) is 7.09. The van der Waals surface area contributed by atoms with Crippen LogP contribution in [0.4, 0.5) is 0 Å². The third-order valence-electron chi connectivity index (χ3n) is 2.94. The summed E-state index contributed by atoms with van der Waals surface area (Å²) >= 11 is 5.36. The number of likely N-dealkylation sites (N-methyl/N-ethyl adjacent to an activating group) is 1. The molecule has 2 heterocycles. The minimum atomic E-state index is 0.732. The Morgan fingerprint density at radius 1 is 1.60 bits per heavy atom. The number of nitrogens with one attached hydrogen (secondary N) is 1. The summed E-state index contributed by atoms with van der Waals surface area (Å²) in [4.78, 5) is 4.02. The van der Waals surface area contributed by atoms with Gasteiger partial charge < -0.3 is 5.32 Å². The number of hydrogen-bond donors (Lipinski definition) is 1. The highest BCUT2D eigenvalue weighted by Crippen LogP contribution is 2.24. The Morgan fingerprint density at radius 3 is 3.00 bits per heavy atom. The van der Waals surface area contributed by atoms with Crippen LogP contribution in [0.5, 0.6) is 0 Å². The summed E-state index contributed by atoms with van der Waals surface area (Å²) in [5.74, 6) is 0. The number of thiophene rings is 1. The molecule has 1 aromatic rings. The van der Waals surface area contributed by atoms with Crippen molar-refractivity contribution in [3.8, 4) is 0 Å². The van der Waals surface area contributed by atoms with E-state index >= 15 is 0 Å². The van der Waals surface area contributed by atoms with E-state index in [0.29, 0.717) is 0 Å². The Morgan fingerprint density at radius 2 is 2.47 bits per heavy atom. The summed E-state index contributed by atoms with van der Waals surface area (Å²) in [6.45, 7) is 6.82. The largest absolute Gasteiger partial charge is 0.315 e. The molecule has 0 aliphatic carbocycles. The second-order valence-electron chi connectivity index (χ2n) is 3.92. The molecule has 1 N–H and O–H groups in total. The lowest BCUT2D eigenvalue weighted by atomic mass is 10.2. The van der Waals surface area contributed by atoms with E-state index in [0.717, 1.165) is 25.7 Å². The number of hydrogen-bond acceptors (Lipinski definition) is 3. The van der Waals surface area contributed by atoms with Crippen LogP contribution in [-0.2, 0) is 6.54 Å². The molecule has 1 atom stereocenters. The molecule has 1 aromatic heterocycles. The van der Waals surface area contributed by atoms with Gasteiger partial charge >= 0.3 is 0 Å². The zero-order valence-electron chi connectivity index (χ0n) is 9.00. The van der Waals surface area contributed by atoms with Gasteiger partial charge in [-0.25, -0.2) is 0 Å². The Hall–Kier alpha value is 0.1000. The summed E-state index contributed by atoms with van der Waals surface area (Å²) in [7, 11) is 0. The van der Waals surface area contributed by atoms with Crippen molar-refractivity contribution in [2.24, 2.45) is 0 Å². The molecular formula is C11H17BrN2S. The molecule has 0 amide bonds. The first-order valence-electron chi connectivity index (χ1n) is 5.48. The lowest BCUT2D eigenvalue weighted by Gasteiger charge is -2.26. The van der Waals surface area contributed by atoms with Crippen LogP contribution in [0.2, 0.25) is 0 Å². The second-order valence-corrected chi connectivity index (χ2v) is 6.46. The standard InChI is InChI=1S/C11H17BrN2S/c1-2-14(9-5-6-13-7-9)8-10-3-4-11(12)15-10/h3-4,9,13H,2,5-8H2,1H3. The Balaban J connectivity index is 1.95. The second kappa shape index (κ2) is 5.43. The average molecular weight is 289 g/mol. The van der Waals surface area contributed by atoms with Crippen molar-refractivity contribution in [2.45, 2.75) is 25.9 Å². The van der Waals surface area contributed by atoms with Gasteiger partial charge in [-0.15, -0.1) is 11.3 Å². The van der Waals surface area contributed by atoms with E-state index in [9.17, 15) is 0 Å². The Bertz CT molecular complexity index is 307. The monoisotopic (exact) mass is 288 g/mol. The van der Waals surface area contributed by atoms with Crippen LogP contribution in [0, 0.1) is 0 Å². The zero-order chi connectivity index (χ0) is 10.7. The molecule has 1 aliphatic heterocycles. The fourth-order valence-corrected chi connectivity index (χ4v) is 3.60. The number of halogens is 1. The predicted molar refractivity (Wildman–Crippen MR) is 69.4 cm³/mol. The first-order chi connectivity index (χ1) is 7.29. The SMILES string of the molecule is CCN(Cc1ccc(Br)s1)C1CCNC1. The smallest absolute Gasteiger partial charge is 0.0701 e. The van der Waals surface area contributed by atoms with Gasteiger partial charge in [0, 0.05) is 24.0 Å². The summed E-state index contributed by atoms with van der Waals surface area (Å²) in [6, 6.07) is 5.09. The molecule has 1 fully saturated rings. The van der Waals surface area contributed by atoms with Crippen LogP contribution in [0.15, 0.2) is 15.9 Å². The minimum Gasteiger partial charge on any atom is -0.315 e. The van der Waals surface area contributed by atoms with Gasteiger partial charge in [0.15, 0.2) is 0 Å². The maximum absolute atomic E-state index is 3.52. The minimum absolute atomic E-state index is 0.732. The van der Waals surface area contributed by atoms with E-state index in [1.807, 2.05) is 11.3 Å². The van der Waals surface area contributed by atoms with E-state index in [2.05, 4.69) is 45.2 Å². The van der Waals surface area contributed by atoms with E-state index in [-0.39, 0.29) is 0 Å². The molecule has 0 aromatic carbocycles. The van der Waals surface area contributed by atoms with Crippen molar-refractivity contribution in [3.63, 3.8) is 0 Å². The summed E-state index contributed by atoms with van der Waals surface area (Å²) in [5, 5.41) is 3.43. The van der Waals surface area contributed by atoms with Gasteiger partial charge in [-0.3, -0.25) is 4.90 Å². The molecule has 0 bridgehead atoms. The van der Waals surface area contributed by atoms with Gasteiger partial charge in [-0.05, 0) is 47.6 Å². The molecule has 0 saturated carbocycles. The summed E-state index contributed by atoms with van der Waals surface area (Å²) in [6.07, 6.45) is 1.29. The summed E-state index contributed by atoms with van der Waals surface area (Å²) < 4.78 is 1.23. The lowest BCUT2D eigenvalue weighted by molar-refractivity contribution is 0.212. The van der Waals surface area contributed by atoms with Crippen LogP contribution in [0.3, 0.4) is 0 Å². The van der Waals surface area contributed by atoms with Gasteiger partial charge in [0.05, 0.1) is 3.79 Å². The fourth-order valence-electron chi connectivity index (χ4n) is 2.09. The van der Waals surface area contributed by atoms with Crippen LogP contribution in [-0.4, -0.2) is 30.6 Å². The average Bonchev–Trinajstić information content (AvgIpc) is 2.85. The van der Waals surface area contributed by atoms with Crippen molar-refractivity contribution in [3.05, 3.63) is 20.8 Å². The highest BCUT2D eigenvalue weighted by Gasteiger charge is 2.21. The first kappa shape index (κ1) is 11.6. The van der Waals surface area contributed by atoms with Crippen molar-refractivity contribution >= 4 is 27.3 Å². The molecule has 2 nitrogen and oxygen atoms in total. The molecule has 1 unspecified atom stereocenters. The molecule has 4 heteroatoms. The van der Waals surface area contributed by atoms with Gasteiger partial charge in [0.1, 0.15) is 0 Å². The Labute approximate surface area is 104 Å². The van der Waals surface area contributed by atoms with E-state index in [1.54, 1.807) is 0 Å². The van der Waals surface area contributed by atoms with Crippen LogP contribution in [0.25, 0.3) is 0 Å². The maximum atomic E-state index is 3.52. The highest BCUT2D eigenvalue weighted by molar-refractivity contribution is 9.11. The molecule has 0 radical (unpaired) electrons. The zero-order valence-corrected chi connectivity index (χ0v) is 11.4. The van der Waals surface area contributed by atoms with Crippen LogP contribution >= 0.6 is 27.3 Å². The van der Waals surface area contributed by atoms with Crippen molar-refractivity contribution < 1.29 is 0 Å². The van der Waals surface area contributed by atoms with Crippen LogP contribution < -0.4 is 5.32 Å². The quantitative estimate of drug-likeness (QED) is 0.917. The Kier molecular flexibility index (Phi) is 4.20. The van der Waals surface area contributed by atoms with Crippen LogP contribution in [0.1, 0.15) is 18.2 Å². The molecule has 84 valence electrons. The van der Waals surface area contributed by atoms with Gasteiger partial charge in [-0.2, -0.15) is 0 Å². The van der Waals surface area contributed by atoms with Crippen molar-refractivity contribution in [2.75, 3.05) is 19.6 Å². The third-order valence-corrected chi connectivity index (χ3v) is 4.55. The predicted octanol–water partition coefficient (Wildman–Crippen LogP) is 2.69. The number of rotatable bonds is 4. The molecule has 1 aliphatic rings. The normalized spacial score (nSPS) is 21.4. The lowest BCUT2D eigenvalue weighted by Crippen LogP contribution is -2.35. The fraction of sp³-hybridized carbons (Fsp3) is 0.636.